The molecule has 0 radical (unpaired) electrons. The van der Waals surface area contributed by atoms with E-state index in [0.717, 1.165) is 18.7 Å². The number of rotatable bonds is 4. The molecular weight excluding hydrogens is 284 g/mol. The minimum atomic E-state index is 0.0240. The Kier molecular flexibility index (Phi) is 4.17. The van der Waals surface area contributed by atoms with Gasteiger partial charge in [0, 0.05) is 31.4 Å². The molecule has 0 bridgehead atoms. The lowest BCUT2D eigenvalue weighted by Crippen LogP contribution is -2.42. The van der Waals surface area contributed by atoms with Crippen molar-refractivity contribution in [3.8, 4) is 5.88 Å². The van der Waals surface area contributed by atoms with Crippen molar-refractivity contribution >= 4 is 11.7 Å². The minimum Gasteiger partial charge on any atom is -0.481 e. The van der Waals surface area contributed by atoms with Crippen molar-refractivity contribution in [3.63, 3.8) is 0 Å². The summed E-state index contributed by atoms with van der Waals surface area (Å²) in [5, 5.41) is 9.84. The van der Waals surface area contributed by atoms with Crippen molar-refractivity contribution in [1.82, 2.24) is 25.1 Å². The fourth-order valence-electron chi connectivity index (χ4n) is 2.52. The second-order valence-electron chi connectivity index (χ2n) is 5.14. The van der Waals surface area contributed by atoms with Crippen molar-refractivity contribution in [2.24, 2.45) is 0 Å². The molecule has 1 amide bonds. The maximum absolute atomic E-state index is 12.2. The fourth-order valence-corrected chi connectivity index (χ4v) is 2.52. The molecule has 8 heteroatoms. The van der Waals surface area contributed by atoms with Crippen LogP contribution in [0.5, 0.6) is 5.88 Å². The van der Waals surface area contributed by atoms with Crippen LogP contribution < -0.4 is 10.1 Å². The van der Waals surface area contributed by atoms with Crippen LogP contribution in [0.2, 0.25) is 0 Å². The highest BCUT2D eigenvalue weighted by Gasteiger charge is 2.24. The molecule has 2 aromatic heterocycles. The number of ether oxygens (including phenoxy) is 1. The van der Waals surface area contributed by atoms with Gasteiger partial charge >= 0.3 is 0 Å². The van der Waals surface area contributed by atoms with Crippen LogP contribution in [-0.2, 0) is 0 Å². The molecule has 0 aliphatic carbocycles. The van der Waals surface area contributed by atoms with Crippen molar-refractivity contribution in [3.05, 3.63) is 30.4 Å². The van der Waals surface area contributed by atoms with Gasteiger partial charge in [0.25, 0.3) is 5.91 Å². The number of aromatic nitrogens is 4. The highest BCUT2D eigenvalue weighted by Crippen LogP contribution is 2.18. The standard InChI is InChI=1S/C14H18N6O2/c1-22-13-6-12(15-9-16-13)19-11-2-4-20(5-3-11)14(21)10-7-17-18-8-10/h6-9,11H,2-5H2,1H3,(H,17,18)(H,15,16,19). The van der Waals surface area contributed by atoms with Gasteiger partial charge in [-0.25, -0.2) is 9.97 Å². The molecule has 0 atom stereocenters. The second kappa shape index (κ2) is 6.42. The largest absolute Gasteiger partial charge is 0.481 e. The first kappa shape index (κ1) is 14.3. The Hall–Kier alpha value is -2.64. The zero-order valence-electron chi connectivity index (χ0n) is 12.3. The topological polar surface area (TPSA) is 96.0 Å². The summed E-state index contributed by atoms with van der Waals surface area (Å²) < 4.78 is 5.08. The van der Waals surface area contributed by atoms with Gasteiger partial charge in [0.1, 0.15) is 12.1 Å². The molecule has 0 saturated carbocycles. The van der Waals surface area contributed by atoms with Gasteiger partial charge in [0.2, 0.25) is 5.88 Å². The van der Waals surface area contributed by atoms with Crippen molar-refractivity contribution < 1.29 is 9.53 Å². The summed E-state index contributed by atoms with van der Waals surface area (Å²) in [7, 11) is 1.58. The van der Waals surface area contributed by atoms with E-state index >= 15 is 0 Å². The van der Waals surface area contributed by atoms with E-state index in [9.17, 15) is 4.79 Å². The maximum atomic E-state index is 12.2. The number of methoxy groups -OCH3 is 1. The number of nitrogens with one attached hydrogen (secondary N) is 2. The van der Waals surface area contributed by atoms with Gasteiger partial charge < -0.3 is 15.0 Å². The van der Waals surface area contributed by atoms with E-state index in [-0.39, 0.29) is 11.9 Å². The van der Waals surface area contributed by atoms with E-state index in [2.05, 4.69) is 25.5 Å². The van der Waals surface area contributed by atoms with Crippen LogP contribution in [0.1, 0.15) is 23.2 Å². The molecular formula is C14H18N6O2. The van der Waals surface area contributed by atoms with Crippen LogP contribution in [0.4, 0.5) is 5.82 Å². The molecule has 2 aromatic rings. The van der Waals surface area contributed by atoms with Gasteiger partial charge in [-0.2, -0.15) is 5.10 Å². The number of aromatic amines is 1. The third-order valence-electron chi connectivity index (χ3n) is 3.73. The number of piperidine rings is 1. The molecule has 0 unspecified atom stereocenters. The number of hydrogen-bond donors (Lipinski definition) is 2. The van der Waals surface area contributed by atoms with E-state index in [0.29, 0.717) is 24.5 Å². The summed E-state index contributed by atoms with van der Waals surface area (Å²) in [5.74, 6) is 1.30. The molecule has 1 aliphatic rings. The van der Waals surface area contributed by atoms with Gasteiger partial charge in [0.15, 0.2) is 0 Å². The zero-order chi connectivity index (χ0) is 15.4. The summed E-state index contributed by atoms with van der Waals surface area (Å²) in [6.45, 7) is 1.42. The van der Waals surface area contributed by atoms with E-state index in [1.807, 2.05) is 4.90 Å². The van der Waals surface area contributed by atoms with Gasteiger partial charge in [-0.15, -0.1) is 0 Å². The Labute approximate surface area is 127 Å². The first-order valence-electron chi connectivity index (χ1n) is 7.17. The van der Waals surface area contributed by atoms with Crippen molar-refractivity contribution in [2.45, 2.75) is 18.9 Å². The molecule has 1 saturated heterocycles. The minimum absolute atomic E-state index is 0.0240. The molecule has 8 nitrogen and oxygen atoms in total. The fraction of sp³-hybridized carbons (Fsp3) is 0.429. The van der Waals surface area contributed by atoms with Crippen LogP contribution in [0.15, 0.2) is 24.8 Å². The molecule has 3 heterocycles. The number of carbonyl (C=O) groups excluding carboxylic acids is 1. The Balaban J connectivity index is 1.54. The molecule has 22 heavy (non-hydrogen) atoms. The number of H-pyrrole nitrogens is 1. The third kappa shape index (κ3) is 3.16. The van der Waals surface area contributed by atoms with Crippen LogP contribution in [-0.4, -0.2) is 57.2 Å². The number of hydrogen-bond acceptors (Lipinski definition) is 6. The number of likely N-dealkylation sites (tertiary alicyclic amines) is 1. The first-order valence-corrected chi connectivity index (χ1v) is 7.17. The summed E-state index contributed by atoms with van der Waals surface area (Å²) in [4.78, 5) is 22.2. The molecule has 1 fully saturated rings. The van der Waals surface area contributed by atoms with E-state index < -0.39 is 0 Å². The van der Waals surface area contributed by atoms with E-state index in [1.54, 1.807) is 25.6 Å². The number of carbonyl (C=O) groups is 1. The van der Waals surface area contributed by atoms with Gasteiger partial charge in [0.05, 0.1) is 18.9 Å². The van der Waals surface area contributed by atoms with Crippen molar-refractivity contribution in [2.75, 3.05) is 25.5 Å². The summed E-state index contributed by atoms with van der Waals surface area (Å²) in [6.07, 6.45) is 6.39. The lowest BCUT2D eigenvalue weighted by molar-refractivity contribution is 0.0718. The monoisotopic (exact) mass is 302 g/mol. The number of amides is 1. The third-order valence-corrected chi connectivity index (χ3v) is 3.73. The van der Waals surface area contributed by atoms with Crippen molar-refractivity contribution in [1.29, 1.82) is 0 Å². The van der Waals surface area contributed by atoms with E-state index in [4.69, 9.17) is 4.74 Å². The zero-order valence-corrected chi connectivity index (χ0v) is 12.3. The lowest BCUT2D eigenvalue weighted by Gasteiger charge is -2.32. The quantitative estimate of drug-likeness (QED) is 0.872. The lowest BCUT2D eigenvalue weighted by atomic mass is 10.0. The average molecular weight is 302 g/mol. The van der Waals surface area contributed by atoms with Gasteiger partial charge in [-0.3, -0.25) is 9.89 Å². The number of nitrogens with zero attached hydrogens (tertiary/aromatic N) is 4. The molecule has 0 spiro atoms. The van der Waals surface area contributed by atoms with Crippen LogP contribution in [0, 0.1) is 0 Å². The molecule has 1 aliphatic heterocycles. The molecule has 116 valence electrons. The van der Waals surface area contributed by atoms with E-state index in [1.165, 1.54) is 6.33 Å². The predicted molar refractivity (Wildman–Crippen MR) is 79.7 cm³/mol. The summed E-state index contributed by atoms with van der Waals surface area (Å²) in [5.41, 5.74) is 0.604. The predicted octanol–water partition coefficient (Wildman–Crippen LogP) is 0.925. The SMILES string of the molecule is COc1cc(NC2CCN(C(=O)c3cn[nH]c3)CC2)ncn1. The normalized spacial score (nSPS) is 15.6. The van der Waals surface area contributed by atoms with Crippen LogP contribution >= 0.6 is 0 Å². The molecule has 0 aromatic carbocycles. The van der Waals surface area contributed by atoms with Crippen LogP contribution in [0.3, 0.4) is 0 Å². The molecule has 3 rings (SSSR count). The van der Waals surface area contributed by atoms with Gasteiger partial charge in [-0.05, 0) is 12.8 Å². The molecule has 2 N–H and O–H groups in total. The Bertz CT molecular complexity index is 622. The maximum Gasteiger partial charge on any atom is 0.257 e. The average Bonchev–Trinajstić information content (AvgIpc) is 3.09. The smallest absolute Gasteiger partial charge is 0.257 e. The summed E-state index contributed by atoms with van der Waals surface area (Å²) >= 11 is 0. The highest BCUT2D eigenvalue weighted by atomic mass is 16.5. The Morgan fingerprint density at radius 1 is 1.41 bits per heavy atom. The van der Waals surface area contributed by atoms with Gasteiger partial charge in [-0.1, -0.05) is 0 Å². The summed E-state index contributed by atoms with van der Waals surface area (Å²) in [6, 6.07) is 2.05. The van der Waals surface area contributed by atoms with Crippen LogP contribution in [0.25, 0.3) is 0 Å². The number of anilines is 1. The Morgan fingerprint density at radius 3 is 2.91 bits per heavy atom. The Morgan fingerprint density at radius 2 is 2.23 bits per heavy atom. The first-order chi connectivity index (χ1) is 10.8. The highest BCUT2D eigenvalue weighted by molar-refractivity contribution is 5.93. The second-order valence-corrected chi connectivity index (χ2v) is 5.14.